The molecule has 0 bridgehead atoms. The second-order valence-electron chi connectivity index (χ2n) is 4.20. The van der Waals surface area contributed by atoms with E-state index in [2.05, 4.69) is 0 Å². The van der Waals surface area contributed by atoms with E-state index in [1.807, 2.05) is 0 Å². The van der Waals surface area contributed by atoms with Gasteiger partial charge in [-0.1, -0.05) is 6.92 Å². The molecule has 2 saturated heterocycles. The Balaban J connectivity index is 2.27. The van der Waals surface area contributed by atoms with Crippen molar-refractivity contribution in [2.24, 2.45) is 0 Å². The summed E-state index contributed by atoms with van der Waals surface area (Å²) < 4.78 is 0. The average molecular weight is 238 g/mol. The molecule has 0 radical (unpaired) electrons. The Morgan fingerprint density at radius 2 is 1.12 bits per heavy atom. The van der Waals surface area contributed by atoms with Crippen molar-refractivity contribution < 1.29 is 19.2 Å². The Morgan fingerprint density at radius 1 is 0.824 bits per heavy atom. The molecule has 0 atom stereocenters. The van der Waals surface area contributed by atoms with Crippen LogP contribution in [-0.2, 0) is 19.2 Å². The Hall–Kier alpha value is -1.72. The lowest BCUT2D eigenvalue weighted by Gasteiger charge is -2.31. The lowest BCUT2D eigenvalue weighted by molar-refractivity contribution is -0.154. The van der Waals surface area contributed by atoms with Crippen LogP contribution in [0.4, 0.5) is 0 Å². The van der Waals surface area contributed by atoms with E-state index in [1.165, 1.54) is 0 Å². The van der Waals surface area contributed by atoms with Gasteiger partial charge in [0.05, 0.1) is 0 Å². The Bertz CT molecular complexity index is 336. The standard InChI is InChI=1S/C11H14N2O4/c1-2-7(12-8(14)3-4-9(12)15)13-10(16)5-6-11(13)17/h7H,2-6H2,1H3. The fourth-order valence-corrected chi connectivity index (χ4v) is 2.33. The van der Waals surface area contributed by atoms with Crippen LogP contribution < -0.4 is 0 Å². The number of rotatable bonds is 3. The molecule has 2 aliphatic heterocycles. The minimum atomic E-state index is -0.722. The SMILES string of the molecule is CCC(N1C(=O)CCC1=O)N1C(=O)CCC1=O. The van der Waals surface area contributed by atoms with Gasteiger partial charge >= 0.3 is 0 Å². The van der Waals surface area contributed by atoms with Crippen molar-refractivity contribution >= 4 is 23.6 Å². The first-order valence-electron chi connectivity index (χ1n) is 5.76. The highest BCUT2D eigenvalue weighted by Gasteiger charge is 2.43. The number of amides is 4. The quantitative estimate of drug-likeness (QED) is 0.650. The molecule has 2 rings (SSSR count). The second-order valence-corrected chi connectivity index (χ2v) is 4.20. The van der Waals surface area contributed by atoms with Crippen molar-refractivity contribution in [3.8, 4) is 0 Å². The third kappa shape index (κ3) is 1.83. The molecule has 0 aromatic carbocycles. The molecule has 0 aromatic heterocycles. The van der Waals surface area contributed by atoms with Gasteiger partial charge in [-0.3, -0.25) is 29.0 Å². The van der Waals surface area contributed by atoms with Gasteiger partial charge in [0.1, 0.15) is 6.17 Å². The maximum atomic E-state index is 11.6. The molecule has 17 heavy (non-hydrogen) atoms. The Morgan fingerprint density at radius 3 is 1.35 bits per heavy atom. The van der Waals surface area contributed by atoms with Gasteiger partial charge in [0.2, 0.25) is 23.6 Å². The molecule has 0 aliphatic carbocycles. The van der Waals surface area contributed by atoms with E-state index in [-0.39, 0.29) is 49.3 Å². The van der Waals surface area contributed by atoms with E-state index >= 15 is 0 Å². The molecule has 2 fully saturated rings. The number of imide groups is 2. The first-order valence-corrected chi connectivity index (χ1v) is 5.76. The molecular formula is C11H14N2O4. The smallest absolute Gasteiger partial charge is 0.231 e. The molecule has 2 heterocycles. The molecule has 2 aliphatic rings. The summed E-state index contributed by atoms with van der Waals surface area (Å²) in [6.45, 7) is 1.75. The molecular weight excluding hydrogens is 224 g/mol. The van der Waals surface area contributed by atoms with Gasteiger partial charge < -0.3 is 0 Å². The molecule has 6 heteroatoms. The number of carbonyl (C=O) groups excluding carboxylic acids is 4. The van der Waals surface area contributed by atoms with Crippen LogP contribution in [0.2, 0.25) is 0 Å². The minimum absolute atomic E-state index is 0.172. The van der Waals surface area contributed by atoms with Crippen LogP contribution in [0, 0.1) is 0 Å². The summed E-state index contributed by atoms with van der Waals surface area (Å²) in [5.41, 5.74) is 0. The van der Waals surface area contributed by atoms with Gasteiger partial charge in [-0.25, -0.2) is 0 Å². The molecule has 6 nitrogen and oxygen atoms in total. The molecule has 4 amide bonds. The van der Waals surface area contributed by atoms with Crippen LogP contribution in [0.5, 0.6) is 0 Å². The zero-order valence-electron chi connectivity index (χ0n) is 9.64. The highest BCUT2D eigenvalue weighted by molar-refractivity contribution is 6.06. The van der Waals surface area contributed by atoms with Crippen LogP contribution >= 0.6 is 0 Å². The molecule has 0 spiro atoms. The fourth-order valence-electron chi connectivity index (χ4n) is 2.33. The normalized spacial score (nSPS) is 21.3. The average Bonchev–Trinajstić information content (AvgIpc) is 2.78. The third-order valence-electron chi connectivity index (χ3n) is 3.14. The van der Waals surface area contributed by atoms with Crippen molar-refractivity contribution in [2.45, 2.75) is 45.2 Å². The van der Waals surface area contributed by atoms with E-state index in [0.29, 0.717) is 6.42 Å². The Labute approximate surface area is 98.5 Å². The summed E-state index contributed by atoms with van der Waals surface area (Å²) in [6.07, 6.45) is 0.350. The third-order valence-corrected chi connectivity index (χ3v) is 3.14. The predicted octanol–water partition coefficient (Wildman–Crippen LogP) is 0.0205. The number of hydrogen-bond donors (Lipinski definition) is 0. The number of likely N-dealkylation sites (tertiary alicyclic amines) is 2. The number of nitrogens with zero attached hydrogens (tertiary/aromatic N) is 2. The van der Waals surface area contributed by atoms with Gasteiger partial charge in [0.25, 0.3) is 0 Å². The van der Waals surface area contributed by atoms with Crippen LogP contribution in [0.3, 0.4) is 0 Å². The van der Waals surface area contributed by atoms with E-state index in [9.17, 15) is 19.2 Å². The summed E-state index contributed by atoms with van der Waals surface area (Å²) in [7, 11) is 0. The van der Waals surface area contributed by atoms with Crippen molar-refractivity contribution in [3.05, 3.63) is 0 Å². The largest absolute Gasteiger partial charge is 0.274 e. The molecule has 0 saturated carbocycles. The molecule has 0 unspecified atom stereocenters. The summed E-state index contributed by atoms with van der Waals surface area (Å²) in [5.74, 6) is -1.19. The topological polar surface area (TPSA) is 74.8 Å². The highest BCUT2D eigenvalue weighted by Crippen LogP contribution is 2.24. The van der Waals surface area contributed by atoms with Crippen LogP contribution in [0.25, 0.3) is 0 Å². The number of hydrogen-bond acceptors (Lipinski definition) is 4. The number of carbonyl (C=O) groups is 4. The van der Waals surface area contributed by atoms with Gasteiger partial charge in [0, 0.05) is 25.7 Å². The van der Waals surface area contributed by atoms with E-state index in [1.54, 1.807) is 6.92 Å². The highest BCUT2D eigenvalue weighted by atomic mass is 16.2. The molecule has 0 aromatic rings. The molecule has 0 N–H and O–H groups in total. The van der Waals surface area contributed by atoms with E-state index in [0.717, 1.165) is 9.80 Å². The van der Waals surface area contributed by atoms with Crippen molar-refractivity contribution in [1.82, 2.24) is 9.80 Å². The van der Waals surface area contributed by atoms with Crippen molar-refractivity contribution in [3.63, 3.8) is 0 Å². The van der Waals surface area contributed by atoms with Gasteiger partial charge in [0.15, 0.2) is 0 Å². The fraction of sp³-hybridized carbons (Fsp3) is 0.636. The zero-order chi connectivity index (χ0) is 12.6. The summed E-state index contributed by atoms with van der Waals surface area (Å²) in [4.78, 5) is 48.6. The van der Waals surface area contributed by atoms with Gasteiger partial charge in [-0.15, -0.1) is 0 Å². The predicted molar refractivity (Wildman–Crippen MR) is 56.3 cm³/mol. The first-order chi connectivity index (χ1) is 8.06. The van der Waals surface area contributed by atoms with Crippen LogP contribution in [0.1, 0.15) is 39.0 Å². The van der Waals surface area contributed by atoms with Crippen molar-refractivity contribution in [2.75, 3.05) is 0 Å². The molecule has 92 valence electrons. The lowest BCUT2D eigenvalue weighted by Crippen LogP contribution is -2.52. The minimum Gasteiger partial charge on any atom is -0.274 e. The van der Waals surface area contributed by atoms with Crippen LogP contribution in [0.15, 0.2) is 0 Å². The monoisotopic (exact) mass is 238 g/mol. The maximum Gasteiger partial charge on any atom is 0.231 e. The summed E-state index contributed by atoms with van der Waals surface area (Å²) in [6, 6.07) is 0. The Kier molecular flexibility index (Phi) is 2.95. The van der Waals surface area contributed by atoms with Crippen molar-refractivity contribution in [1.29, 1.82) is 0 Å². The summed E-state index contributed by atoms with van der Waals surface area (Å²) in [5, 5.41) is 0. The zero-order valence-corrected chi connectivity index (χ0v) is 9.64. The maximum absolute atomic E-state index is 11.6. The van der Waals surface area contributed by atoms with Gasteiger partial charge in [-0.2, -0.15) is 0 Å². The second kappa shape index (κ2) is 4.27. The first kappa shape index (κ1) is 11.8. The lowest BCUT2D eigenvalue weighted by atomic mass is 10.3. The van der Waals surface area contributed by atoms with E-state index in [4.69, 9.17) is 0 Å². The summed E-state index contributed by atoms with van der Waals surface area (Å²) >= 11 is 0. The van der Waals surface area contributed by atoms with Gasteiger partial charge in [-0.05, 0) is 6.42 Å². The van der Waals surface area contributed by atoms with Crippen LogP contribution in [-0.4, -0.2) is 39.6 Å². The van der Waals surface area contributed by atoms with E-state index < -0.39 is 6.17 Å².